The minimum Gasteiger partial charge on any atom is -0.464 e. The molecule has 2 amide bonds. The third-order valence-corrected chi connectivity index (χ3v) is 7.63. The fraction of sp³-hybridized carbons (Fsp3) is 0.393. The zero-order valence-corrected chi connectivity index (χ0v) is 20.3. The highest BCUT2D eigenvalue weighted by Crippen LogP contribution is 2.36. The predicted molar refractivity (Wildman–Crippen MR) is 135 cm³/mol. The first-order valence-electron chi connectivity index (χ1n) is 12.5. The van der Waals surface area contributed by atoms with Gasteiger partial charge >= 0.3 is 6.09 Å². The van der Waals surface area contributed by atoms with E-state index in [9.17, 15) is 9.59 Å². The number of hydrogen-bond donors (Lipinski definition) is 0. The van der Waals surface area contributed by atoms with Gasteiger partial charge in [-0.3, -0.25) is 14.7 Å². The lowest BCUT2D eigenvalue weighted by Gasteiger charge is -2.30. The smallest absolute Gasteiger partial charge is 0.409 e. The van der Waals surface area contributed by atoms with Crippen molar-refractivity contribution >= 4 is 28.8 Å². The Kier molecular flexibility index (Phi) is 5.76. The fourth-order valence-corrected chi connectivity index (χ4v) is 5.58. The van der Waals surface area contributed by atoms with Crippen molar-refractivity contribution in [2.75, 3.05) is 40.0 Å². The summed E-state index contributed by atoms with van der Waals surface area (Å²) in [6.07, 6.45) is 3.39. The second kappa shape index (κ2) is 9.09. The molecule has 0 saturated carbocycles. The predicted octanol–water partition coefficient (Wildman–Crippen LogP) is 4.33. The van der Waals surface area contributed by atoms with E-state index in [1.165, 1.54) is 7.11 Å². The van der Waals surface area contributed by atoms with E-state index in [0.717, 1.165) is 39.9 Å². The standard InChI is InChI=1S/C28H29N3O5/c1-34-27(33)30-12-8-19(17-30)18-31-25(29-28(26(31)32)10-14-35-15-11-28)21-4-2-20(3-5-21)22-6-7-24-23(16-22)9-13-36-24/h2-7,9,13,16,19H,8,10-12,14-15,17-18H2,1H3. The summed E-state index contributed by atoms with van der Waals surface area (Å²) >= 11 is 0. The number of methoxy groups -OCH3 is 1. The lowest BCUT2D eigenvalue weighted by Crippen LogP contribution is -2.47. The number of ether oxygens (including phenoxy) is 2. The SMILES string of the molecule is COC(=O)N1CCC(CN2C(=O)C3(CCOCC3)N=C2c2ccc(-c3ccc4occc4c3)cc2)C1. The Morgan fingerprint density at radius 1 is 1.08 bits per heavy atom. The van der Waals surface area contributed by atoms with Gasteiger partial charge in [0.2, 0.25) is 0 Å². The van der Waals surface area contributed by atoms with Gasteiger partial charge in [0, 0.05) is 56.6 Å². The summed E-state index contributed by atoms with van der Waals surface area (Å²) in [6.45, 7) is 2.82. The molecule has 1 unspecified atom stereocenters. The first-order valence-corrected chi connectivity index (χ1v) is 12.5. The Morgan fingerprint density at radius 3 is 2.61 bits per heavy atom. The molecule has 0 aliphatic carbocycles. The summed E-state index contributed by atoms with van der Waals surface area (Å²) < 4.78 is 15.9. The number of likely N-dealkylation sites (tertiary alicyclic amines) is 1. The molecular formula is C28H29N3O5. The van der Waals surface area contributed by atoms with E-state index < -0.39 is 5.54 Å². The van der Waals surface area contributed by atoms with E-state index >= 15 is 0 Å². The van der Waals surface area contributed by atoms with Gasteiger partial charge in [0.05, 0.1) is 13.4 Å². The van der Waals surface area contributed by atoms with Crippen LogP contribution in [0.15, 0.2) is 64.2 Å². The molecule has 2 aromatic carbocycles. The van der Waals surface area contributed by atoms with Crippen molar-refractivity contribution in [1.82, 2.24) is 9.80 Å². The lowest BCUT2D eigenvalue weighted by molar-refractivity contribution is -0.134. The summed E-state index contributed by atoms with van der Waals surface area (Å²) in [7, 11) is 1.40. The maximum absolute atomic E-state index is 13.8. The maximum Gasteiger partial charge on any atom is 0.409 e. The van der Waals surface area contributed by atoms with Crippen molar-refractivity contribution in [2.45, 2.75) is 24.8 Å². The molecule has 36 heavy (non-hydrogen) atoms. The Labute approximate surface area is 209 Å². The summed E-state index contributed by atoms with van der Waals surface area (Å²) in [6, 6.07) is 16.3. The molecule has 2 fully saturated rings. The summed E-state index contributed by atoms with van der Waals surface area (Å²) in [4.78, 5) is 34.3. The van der Waals surface area contributed by atoms with E-state index in [1.807, 2.05) is 35.2 Å². The van der Waals surface area contributed by atoms with Crippen LogP contribution < -0.4 is 0 Å². The van der Waals surface area contributed by atoms with Crippen LogP contribution in [0.5, 0.6) is 0 Å². The molecule has 8 heteroatoms. The Bertz CT molecular complexity index is 1320. The molecule has 3 aromatic rings. The van der Waals surface area contributed by atoms with Crippen LogP contribution in [0.2, 0.25) is 0 Å². The van der Waals surface area contributed by atoms with Crippen LogP contribution in [0, 0.1) is 5.92 Å². The van der Waals surface area contributed by atoms with Crippen molar-refractivity contribution in [2.24, 2.45) is 10.9 Å². The van der Waals surface area contributed by atoms with Gasteiger partial charge in [0.25, 0.3) is 5.91 Å². The van der Waals surface area contributed by atoms with Crippen LogP contribution in [-0.2, 0) is 14.3 Å². The molecule has 4 heterocycles. The first kappa shape index (κ1) is 22.8. The van der Waals surface area contributed by atoms with Crippen molar-refractivity contribution in [3.63, 3.8) is 0 Å². The number of amidine groups is 1. The number of fused-ring (bicyclic) bond motifs is 1. The van der Waals surface area contributed by atoms with Crippen molar-refractivity contribution in [3.8, 4) is 11.1 Å². The van der Waals surface area contributed by atoms with E-state index in [4.69, 9.17) is 18.9 Å². The van der Waals surface area contributed by atoms with Gasteiger partial charge in [0.15, 0.2) is 0 Å². The largest absolute Gasteiger partial charge is 0.464 e. The molecule has 3 aliphatic heterocycles. The minimum absolute atomic E-state index is 0.0480. The van der Waals surface area contributed by atoms with Gasteiger partial charge in [-0.1, -0.05) is 30.3 Å². The molecule has 0 N–H and O–H groups in total. The highest BCUT2D eigenvalue weighted by Gasteiger charge is 2.50. The lowest BCUT2D eigenvalue weighted by atomic mass is 9.90. The summed E-state index contributed by atoms with van der Waals surface area (Å²) in [5.74, 6) is 0.941. The monoisotopic (exact) mass is 487 g/mol. The van der Waals surface area contributed by atoms with E-state index in [-0.39, 0.29) is 17.9 Å². The van der Waals surface area contributed by atoms with Crippen LogP contribution in [0.25, 0.3) is 22.1 Å². The Hall–Kier alpha value is -3.65. The second-order valence-electron chi connectivity index (χ2n) is 9.82. The number of aliphatic imine (C=N–C) groups is 1. The molecule has 1 aromatic heterocycles. The van der Waals surface area contributed by atoms with Crippen LogP contribution >= 0.6 is 0 Å². The quantitative estimate of drug-likeness (QED) is 0.547. The Balaban J connectivity index is 1.28. The molecule has 186 valence electrons. The van der Waals surface area contributed by atoms with Crippen molar-refractivity contribution in [3.05, 3.63) is 60.4 Å². The fourth-order valence-electron chi connectivity index (χ4n) is 5.58. The van der Waals surface area contributed by atoms with E-state index in [0.29, 0.717) is 45.7 Å². The van der Waals surface area contributed by atoms with Gasteiger partial charge in [-0.15, -0.1) is 0 Å². The third kappa shape index (κ3) is 3.95. The molecule has 2 saturated heterocycles. The average Bonchev–Trinajstić information content (AvgIpc) is 3.64. The van der Waals surface area contributed by atoms with Gasteiger partial charge < -0.3 is 18.8 Å². The normalized spacial score (nSPS) is 21.4. The molecule has 0 radical (unpaired) electrons. The number of furan rings is 1. The molecule has 6 rings (SSSR count). The van der Waals surface area contributed by atoms with Crippen LogP contribution in [-0.4, -0.2) is 73.1 Å². The average molecular weight is 488 g/mol. The highest BCUT2D eigenvalue weighted by molar-refractivity contribution is 6.15. The van der Waals surface area contributed by atoms with Gasteiger partial charge in [-0.05, 0) is 41.7 Å². The molecule has 8 nitrogen and oxygen atoms in total. The molecule has 1 atom stereocenters. The second-order valence-corrected chi connectivity index (χ2v) is 9.82. The van der Waals surface area contributed by atoms with Gasteiger partial charge in [0.1, 0.15) is 17.0 Å². The molecular weight excluding hydrogens is 458 g/mol. The van der Waals surface area contributed by atoms with E-state index in [2.05, 4.69) is 18.2 Å². The third-order valence-electron chi connectivity index (χ3n) is 7.63. The number of nitrogens with zero attached hydrogens (tertiary/aromatic N) is 3. The maximum atomic E-state index is 13.8. The topological polar surface area (TPSA) is 84.6 Å². The molecule has 0 bridgehead atoms. The van der Waals surface area contributed by atoms with Crippen molar-refractivity contribution < 1.29 is 23.5 Å². The van der Waals surface area contributed by atoms with Crippen molar-refractivity contribution in [1.29, 1.82) is 0 Å². The highest BCUT2D eigenvalue weighted by atomic mass is 16.5. The zero-order valence-electron chi connectivity index (χ0n) is 20.3. The number of carbonyl (C=O) groups excluding carboxylic acids is 2. The van der Waals surface area contributed by atoms with Gasteiger partial charge in [-0.2, -0.15) is 0 Å². The van der Waals surface area contributed by atoms with Crippen LogP contribution in [0.1, 0.15) is 24.8 Å². The number of rotatable bonds is 4. The summed E-state index contributed by atoms with van der Waals surface area (Å²) in [5, 5.41) is 1.06. The zero-order chi connectivity index (χ0) is 24.7. The molecule has 1 spiro atoms. The Morgan fingerprint density at radius 2 is 1.83 bits per heavy atom. The summed E-state index contributed by atoms with van der Waals surface area (Å²) in [5.41, 5.74) is 3.22. The first-order chi connectivity index (χ1) is 17.6. The molecule has 3 aliphatic rings. The number of hydrogen-bond acceptors (Lipinski definition) is 6. The number of benzene rings is 2. The van der Waals surface area contributed by atoms with E-state index in [1.54, 1.807) is 11.2 Å². The van der Waals surface area contributed by atoms with Crippen LogP contribution in [0.4, 0.5) is 4.79 Å². The van der Waals surface area contributed by atoms with Crippen LogP contribution in [0.3, 0.4) is 0 Å². The number of amides is 2. The minimum atomic E-state index is -0.751. The number of carbonyl (C=O) groups is 2. The van der Waals surface area contributed by atoms with Gasteiger partial charge in [-0.25, -0.2) is 4.79 Å².